The van der Waals surface area contributed by atoms with Crippen molar-refractivity contribution in [3.8, 4) is 0 Å². The standard InChI is InChI=1S/C21H20ClFN2/c1-14(15-3-6-17(23)7-4-15)12-25-20-8-5-16(22)11-19(20)18-9-10-24(2)13-21(18)25/h3-8,11-12H,9-10,13H2,1-2H3/b14-12-. The molecule has 2 heterocycles. The first kappa shape index (κ1) is 16.4. The third kappa shape index (κ3) is 2.99. The number of hydrogen-bond donors (Lipinski definition) is 0. The smallest absolute Gasteiger partial charge is 0.123 e. The second-order valence-corrected chi connectivity index (χ2v) is 7.20. The van der Waals surface area contributed by atoms with Crippen molar-refractivity contribution in [2.24, 2.45) is 0 Å². The van der Waals surface area contributed by atoms with Crippen molar-refractivity contribution in [1.82, 2.24) is 9.47 Å². The van der Waals surface area contributed by atoms with Crippen LogP contribution in [0.4, 0.5) is 4.39 Å². The van der Waals surface area contributed by atoms with E-state index in [1.54, 1.807) is 0 Å². The Morgan fingerprint density at radius 3 is 2.68 bits per heavy atom. The van der Waals surface area contributed by atoms with Crippen molar-refractivity contribution in [3.63, 3.8) is 0 Å². The number of nitrogens with zero attached hydrogens (tertiary/aromatic N) is 2. The topological polar surface area (TPSA) is 8.17 Å². The van der Waals surface area contributed by atoms with E-state index in [-0.39, 0.29) is 5.82 Å². The van der Waals surface area contributed by atoms with Crippen LogP contribution in [0.3, 0.4) is 0 Å². The highest BCUT2D eigenvalue weighted by molar-refractivity contribution is 6.31. The Morgan fingerprint density at radius 2 is 1.92 bits per heavy atom. The molecule has 1 aliphatic rings. The molecule has 0 N–H and O–H groups in total. The van der Waals surface area contributed by atoms with E-state index in [1.807, 2.05) is 18.2 Å². The second-order valence-electron chi connectivity index (χ2n) is 6.76. The monoisotopic (exact) mass is 354 g/mol. The van der Waals surface area contributed by atoms with Gasteiger partial charge in [0.05, 0.1) is 5.52 Å². The molecule has 0 atom stereocenters. The number of likely N-dealkylation sites (N-methyl/N-ethyl adjacent to an activating group) is 1. The fourth-order valence-electron chi connectivity index (χ4n) is 3.62. The molecule has 1 aliphatic heterocycles. The van der Waals surface area contributed by atoms with Gasteiger partial charge in [0, 0.05) is 35.4 Å². The average molecular weight is 355 g/mol. The van der Waals surface area contributed by atoms with Gasteiger partial charge < -0.3 is 9.47 Å². The van der Waals surface area contributed by atoms with Crippen molar-refractivity contribution < 1.29 is 4.39 Å². The van der Waals surface area contributed by atoms with Gasteiger partial charge in [0.15, 0.2) is 0 Å². The number of fused-ring (bicyclic) bond motifs is 3. The predicted molar refractivity (Wildman–Crippen MR) is 103 cm³/mol. The second kappa shape index (κ2) is 6.32. The zero-order valence-electron chi connectivity index (χ0n) is 14.4. The molecule has 2 nitrogen and oxygen atoms in total. The summed E-state index contributed by atoms with van der Waals surface area (Å²) in [5.41, 5.74) is 6.00. The first-order valence-electron chi connectivity index (χ1n) is 8.47. The maximum Gasteiger partial charge on any atom is 0.123 e. The lowest BCUT2D eigenvalue weighted by molar-refractivity contribution is 0.308. The summed E-state index contributed by atoms with van der Waals surface area (Å²) in [6.07, 6.45) is 3.18. The summed E-state index contributed by atoms with van der Waals surface area (Å²) in [4.78, 5) is 2.33. The Balaban J connectivity index is 1.90. The van der Waals surface area contributed by atoms with Crippen molar-refractivity contribution in [2.45, 2.75) is 19.9 Å². The molecule has 0 spiro atoms. The van der Waals surface area contributed by atoms with Crippen LogP contribution >= 0.6 is 11.6 Å². The SMILES string of the molecule is C/C(=C/n1c2c(c3cc(Cl)ccc31)CCN(C)C2)c1ccc(F)cc1. The van der Waals surface area contributed by atoms with Gasteiger partial charge in [0.2, 0.25) is 0 Å². The van der Waals surface area contributed by atoms with E-state index < -0.39 is 0 Å². The number of benzene rings is 2. The molecular formula is C21H20ClFN2. The molecule has 0 bridgehead atoms. The molecule has 0 saturated heterocycles. The lowest BCUT2D eigenvalue weighted by Crippen LogP contribution is -2.27. The molecule has 0 aliphatic carbocycles. The predicted octanol–water partition coefficient (Wildman–Crippen LogP) is 5.44. The van der Waals surface area contributed by atoms with Crippen molar-refractivity contribution >= 4 is 34.3 Å². The van der Waals surface area contributed by atoms with Crippen molar-refractivity contribution in [3.05, 3.63) is 70.1 Å². The lowest BCUT2D eigenvalue weighted by Gasteiger charge is -2.24. The normalized spacial score (nSPS) is 15.6. The first-order valence-corrected chi connectivity index (χ1v) is 8.85. The summed E-state index contributed by atoms with van der Waals surface area (Å²) >= 11 is 6.24. The quantitative estimate of drug-likeness (QED) is 0.595. The summed E-state index contributed by atoms with van der Waals surface area (Å²) in [7, 11) is 2.15. The van der Waals surface area contributed by atoms with Crippen LogP contribution in [0.1, 0.15) is 23.7 Å². The van der Waals surface area contributed by atoms with Crippen molar-refractivity contribution in [2.75, 3.05) is 13.6 Å². The number of rotatable bonds is 2. The largest absolute Gasteiger partial charge is 0.318 e. The van der Waals surface area contributed by atoms with Crippen LogP contribution in [0, 0.1) is 5.82 Å². The average Bonchev–Trinajstić information content (AvgIpc) is 2.88. The first-order chi connectivity index (χ1) is 12.0. The number of halogens is 2. The van der Waals surface area contributed by atoms with Crippen LogP contribution in [0.5, 0.6) is 0 Å². The van der Waals surface area contributed by atoms with Crippen LogP contribution in [0.25, 0.3) is 22.7 Å². The van der Waals surface area contributed by atoms with Gasteiger partial charge in [-0.05, 0) is 67.4 Å². The molecule has 0 radical (unpaired) electrons. The zero-order chi connectivity index (χ0) is 17.6. The maximum atomic E-state index is 13.2. The highest BCUT2D eigenvalue weighted by Gasteiger charge is 2.22. The van der Waals surface area contributed by atoms with E-state index in [2.05, 4.69) is 41.8 Å². The van der Waals surface area contributed by atoms with Gasteiger partial charge in [-0.1, -0.05) is 23.7 Å². The van der Waals surface area contributed by atoms with Gasteiger partial charge in [0.25, 0.3) is 0 Å². The Hall–Kier alpha value is -2.10. The molecule has 4 heteroatoms. The third-order valence-corrected chi connectivity index (χ3v) is 5.20. The molecular weight excluding hydrogens is 335 g/mol. The molecule has 2 aromatic carbocycles. The van der Waals surface area contributed by atoms with Gasteiger partial charge in [-0.25, -0.2) is 4.39 Å². The Kier molecular flexibility index (Phi) is 4.14. The van der Waals surface area contributed by atoms with Crippen LogP contribution < -0.4 is 0 Å². The van der Waals surface area contributed by atoms with Crippen LogP contribution in [0.15, 0.2) is 42.5 Å². The zero-order valence-corrected chi connectivity index (χ0v) is 15.1. The molecule has 0 unspecified atom stereocenters. The van der Waals surface area contributed by atoms with Crippen molar-refractivity contribution in [1.29, 1.82) is 0 Å². The fourth-order valence-corrected chi connectivity index (χ4v) is 3.79. The molecule has 3 aromatic rings. The van der Waals surface area contributed by atoms with Gasteiger partial charge in [-0.15, -0.1) is 0 Å². The summed E-state index contributed by atoms with van der Waals surface area (Å²) in [6.45, 7) is 4.03. The molecule has 1 aromatic heterocycles. The van der Waals surface area contributed by atoms with E-state index in [9.17, 15) is 4.39 Å². The third-order valence-electron chi connectivity index (χ3n) is 4.97. The number of hydrogen-bond acceptors (Lipinski definition) is 1. The van der Waals surface area contributed by atoms with Crippen LogP contribution in [0.2, 0.25) is 5.02 Å². The highest BCUT2D eigenvalue weighted by atomic mass is 35.5. The minimum atomic E-state index is -0.211. The molecule has 0 saturated carbocycles. The van der Waals surface area contributed by atoms with E-state index in [1.165, 1.54) is 34.3 Å². The maximum absolute atomic E-state index is 13.2. The van der Waals surface area contributed by atoms with E-state index in [0.717, 1.165) is 35.7 Å². The van der Waals surface area contributed by atoms with Gasteiger partial charge in [-0.3, -0.25) is 0 Å². The molecule has 0 fully saturated rings. The summed E-state index contributed by atoms with van der Waals surface area (Å²) < 4.78 is 15.5. The van der Waals surface area contributed by atoms with E-state index in [0.29, 0.717) is 0 Å². The number of allylic oxidation sites excluding steroid dienone is 1. The van der Waals surface area contributed by atoms with Crippen LogP contribution in [-0.4, -0.2) is 23.1 Å². The minimum absolute atomic E-state index is 0.211. The summed E-state index contributed by atoms with van der Waals surface area (Å²) in [6, 6.07) is 12.7. The Labute approximate surface area is 152 Å². The molecule has 0 amide bonds. The summed E-state index contributed by atoms with van der Waals surface area (Å²) in [5.74, 6) is -0.211. The van der Waals surface area contributed by atoms with Gasteiger partial charge >= 0.3 is 0 Å². The Morgan fingerprint density at radius 1 is 1.16 bits per heavy atom. The highest BCUT2D eigenvalue weighted by Crippen LogP contribution is 2.33. The van der Waals surface area contributed by atoms with Gasteiger partial charge in [0.1, 0.15) is 5.82 Å². The van der Waals surface area contributed by atoms with E-state index >= 15 is 0 Å². The van der Waals surface area contributed by atoms with E-state index in [4.69, 9.17) is 11.6 Å². The summed E-state index contributed by atoms with van der Waals surface area (Å²) in [5, 5.41) is 2.00. The Bertz CT molecular complexity index is 970. The van der Waals surface area contributed by atoms with Crippen LogP contribution in [-0.2, 0) is 13.0 Å². The number of aromatic nitrogens is 1. The minimum Gasteiger partial charge on any atom is -0.318 e. The molecule has 25 heavy (non-hydrogen) atoms. The molecule has 128 valence electrons. The molecule has 4 rings (SSSR count). The lowest BCUT2D eigenvalue weighted by atomic mass is 10.0. The fraction of sp³-hybridized carbons (Fsp3) is 0.238. The van der Waals surface area contributed by atoms with Gasteiger partial charge in [-0.2, -0.15) is 0 Å².